The lowest BCUT2D eigenvalue weighted by atomic mass is 9.59. The Morgan fingerprint density at radius 2 is 1.81 bits per heavy atom. The first-order chi connectivity index (χ1) is 14.7. The summed E-state index contributed by atoms with van der Waals surface area (Å²) in [5.41, 5.74) is 1.82. The van der Waals surface area contributed by atoms with Gasteiger partial charge in [-0.15, -0.1) is 0 Å². The SMILES string of the molecule is COc1cccc2c1[C@H](O)[C@@H]1C[C@@](O[Si](C)(C)C(C)(C)C)(C(C)=C(C=O)C1(C)C)[C@H]2OC. The molecule has 0 saturated carbocycles. The average molecular weight is 461 g/mol. The van der Waals surface area contributed by atoms with Crippen LogP contribution in [-0.2, 0) is 14.0 Å². The number of benzene rings is 1. The number of carbonyl (C=O) groups excluding carboxylic acids is 1. The van der Waals surface area contributed by atoms with E-state index in [1.807, 2.05) is 39.0 Å². The van der Waals surface area contributed by atoms with Gasteiger partial charge >= 0.3 is 0 Å². The Bertz CT molecular complexity index is 927. The summed E-state index contributed by atoms with van der Waals surface area (Å²) in [4.78, 5) is 12.5. The van der Waals surface area contributed by atoms with Crippen molar-refractivity contribution < 1.29 is 23.8 Å². The van der Waals surface area contributed by atoms with Crippen LogP contribution in [0.5, 0.6) is 5.75 Å². The fourth-order valence-electron chi connectivity index (χ4n) is 5.53. The molecule has 0 radical (unpaired) electrons. The summed E-state index contributed by atoms with van der Waals surface area (Å²) in [6.07, 6.45) is 0.222. The van der Waals surface area contributed by atoms with Crippen molar-refractivity contribution in [1.82, 2.24) is 0 Å². The van der Waals surface area contributed by atoms with E-state index in [1.165, 1.54) is 0 Å². The molecule has 0 unspecified atom stereocenters. The first-order valence-electron chi connectivity index (χ1n) is 11.4. The van der Waals surface area contributed by atoms with Gasteiger partial charge in [-0.3, -0.25) is 4.79 Å². The summed E-state index contributed by atoms with van der Waals surface area (Å²) in [6.45, 7) is 17.2. The zero-order valence-electron chi connectivity index (χ0n) is 21.3. The molecule has 5 nitrogen and oxygen atoms in total. The summed E-state index contributed by atoms with van der Waals surface area (Å²) >= 11 is 0. The number of fused-ring (bicyclic) bond motifs is 3. The fraction of sp³-hybridized carbons (Fsp3) is 0.654. The van der Waals surface area contributed by atoms with Gasteiger partial charge < -0.3 is 19.0 Å². The highest BCUT2D eigenvalue weighted by atomic mass is 28.4. The number of hydrogen-bond acceptors (Lipinski definition) is 5. The molecule has 0 saturated heterocycles. The minimum Gasteiger partial charge on any atom is -0.496 e. The predicted octanol–water partition coefficient (Wildman–Crippen LogP) is 5.75. The third kappa shape index (κ3) is 3.51. The normalized spacial score (nSPS) is 29.9. The highest BCUT2D eigenvalue weighted by Gasteiger charge is 2.60. The number of rotatable bonds is 5. The van der Waals surface area contributed by atoms with E-state index < -0.39 is 31.5 Å². The zero-order valence-corrected chi connectivity index (χ0v) is 22.3. The quantitative estimate of drug-likeness (QED) is 0.447. The minimum absolute atomic E-state index is 0.0355. The first kappa shape index (κ1) is 25.2. The van der Waals surface area contributed by atoms with Crippen molar-refractivity contribution in [3.8, 4) is 5.75 Å². The van der Waals surface area contributed by atoms with Crippen LogP contribution in [0.1, 0.15) is 71.3 Å². The molecule has 2 aliphatic rings. The average Bonchev–Trinajstić information content (AvgIpc) is 2.79. The molecular weight excluding hydrogens is 420 g/mol. The van der Waals surface area contributed by atoms with Gasteiger partial charge in [-0.2, -0.15) is 0 Å². The number of ether oxygens (including phenoxy) is 2. The number of aliphatic hydroxyl groups is 1. The van der Waals surface area contributed by atoms with Gasteiger partial charge in [0.25, 0.3) is 0 Å². The molecule has 0 amide bonds. The van der Waals surface area contributed by atoms with Crippen molar-refractivity contribution in [2.75, 3.05) is 14.2 Å². The van der Waals surface area contributed by atoms with Crippen LogP contribution in [0.4, 0.5) is 0 Å². The summed E-state index contributed by atoms with van der Waals surface area (Å²) in [6, 6.07) is 5.80. The molecule has 1 N–H and O–H groups in total. The minimum atomic E-state index is -2.30. The van der Waals surface area contributed by atoms with Crippen LogP contribution in [0, 0.1) is 11.3 Å². The van der Waals surface area contributed by atoms with Gasteiger partial charge in [-0.25, -0.2) is 0 Å². The molecule has 0 aliphatic heterocycles. The van der Waals surface area contributed by atoms with Crippen LogP contribution in [0.25, 0.3) is 0 Å². The fourth-order valence-corrected chi connectivity index (χ4v) is 7.09. The number of allylic oxidation sites excluding steroid dienone is 1. The van der Waals surface area contributed by atoms with E-state index >= 15 is 0 Å². The Morgan fingerprint density at radius 3 is 2.31 bits per heavy atom. The third-order valence-corrected chi connectivity index (χ3v) is 13.0. The van der Waals surface area contributed by atoms with Crippen molar-refractivity contribution in [2.24, 2.45) is 11.3 Å². The Hall–Kier alpha value is -1.47. The van der Waals surface area contributed by atoms with Gasteiger partial charge in [0.1, 0.15) is 23.7 Å². The summed E-state index contributed by atoms with van der Waals surface area (Å²) < 4.78 is 19.1. The van der Waals surface area contributed by atoms with E-state index in [1.54, 1.807) is 14.2 Å². The Labute approximate surface area is 194 Å². The Morgan fingerprint density at radius 1 is 1.19 bits per heavy atom. The largest absolute Gasteiger partial charge is 0.496 e. The number of methoxy groups -OCH3 is 2. The lowest BCUT2D eigenvalue weighted by Crippen LogP contribution is -2.57. The van der Waals surface area contributed by atoms with E-state index in [0.29, 0.717) is 17.7 Å². The van der Waals surface area contributed by atoms with Crippen LogP contribution in [0.15, 0.2) is 29.3 Å². The van der Waals surface area contributed by atoms with Crippen LogP contribution in [0.3, 0.4) is 0 Å². The summed E-state index contributed by atoms with van der Waals surface area (Å²) in [5.74, 6) is 0.388. The molecule has 2 bridgehead atoms. The third-order valence-electron chi connectivity index (χ3n) is 8.48. The summed E-state index contributed by atoms with van der Waals surface area (Å²) in [7, 11) is 1.00. The molecule has 3 rings (SSSR count). The maximum Gasteiger partial charge on any atom is 0.193 e. The maximum atomic E-state index is 12.5. The smallest absolute Gasteiger partial charge is 0.193 e. The van der Waals surface area contributed by atoms with Crippen molar-refractivity contribution in [1.29, 1.82) is 0 Å². The monoisotopic (exact) mass is 460 g/mol. The number of aldehydes is 1. The van der Waals surface area contributed by atoms with Crippen molar-refractivity contribution in [3.05, 3.63) is 40.5 Å². The molecule has 1 aromatic carbocycles. The molecule has 6 heteroatoms. The van der Waals surface area contributed by atoms with Crippen LogP contribution >= 0.6 is 0 Å². The second-order valence-electron chi connectivity index (χ2n) is 11.5. The van der Waals surface area contributed by atoms with Crippen LogP contribution in [-0.4, -0.2) is 39.5 Å². The lowest BCUT2D eigenvalue weighted by Gasteiger charge is -2.55. The standard InChI is InChI=1S/C26H40O5Si/c1-16-19(15-27)25(5,6)18-14-26(16,31-32(9,10)24(2,3)4)23(30-8)17-12-11-13-20(29-7)21(17)22(18)28/h11-13,15,18,22-23,28H,14H2,1-10H3/t18-,22+,23-,26+/m0/s1. The van der Waals surface area contributed by atoms with E-state index in [4.69, 9.17) is 13.9 Å². The van der Waals surface area contributed by atoms with Crippen molar-refractivity contribution in [3.63, 3.8) is 0 Å². The van der Waals surface area contributed by atoms with Gasteiger partial charge in [0.2, 0.25) is 0 Å². The highest BCUT2D eigenvalue weighted by Crippen LogP contribution is 2.62. The Balaban J connectivity index is 2.43. The number of aliphatic hydroxyl groups excluding tert-OH is 1. The van der Waals surface area contributed by atoms with Crippen LogP contribution < -0.4 is 4.74 Å². The molecule has 0 heterocycles. The molecule has 0 aromatic heterocycles. The van der Waals surface area contributed by atoms with Crippen molar-refractivity contribution >= 4 is 14.6 Å². The molecular formula is C26H40O5Si. The second-order valence-corrected chi connectivity index (χ2v) is 16.2. The summed E-state index contributed by atoms with van der Waals surface area (Å²) in [5, 5.41) is 11.7. The van der Waals surface area contributed by atoms with Crippen molar-refractivity contribution in [2.45, 2.75) is 83.9 Å². The molecule has 32 heavy (non-hydrogen) atoms. The highest BCUT2D eigenvalue weighted by molar-refractivity contribution is 6.74. The molecule has 0 fully saturated rings. The number of hydrogen-bond donors (Lipinski definition) is 1. The van der Waals surface area contributed by atoms with Gasteiger partial charge in [0.05, 0.1) is 13.2 Å². The van der Waals surface area contributed by atoms with E-state index in [9.17, 15) is 9.90 Å². The molecule has 2 aliphatic carbocycles. The first-order valence-corrected chi connectivity index (χ1v) is 14.3. The van der Waals surface area contributed by atoms with Gasteiger partial charge in [0.15, 0.2) is 8.32 Å². The molecule has 0 spiro atoms. The molecule has 4 atom stereocenters. The van der Waals surface area contributed by atoms with E-state index in [0.717, 1.165) is 23.0 Å². The maximum absolute atomic E-state index is 12.5. The van der Waals surface area contributed by atoms with Gasteiger partial charge in [-0.1, -0.05) is 46.8 Å². The Kier molecular flexibility index (Phi) is 6.35. The number of carbonyl (C=O) groups is 1. The zero-order chi connectivity index (χ0) is 24.3. The predicted molar refractivity (Wildman–Crippen MR) is 129 cm³/mol. The topological polar surface area (TPSA) is 65.0 Å². The molecule has 178 valence electrons. The van der Waals surface area contributed by atoms with E-state index in [2.05, 4.69) is 33.9 Å². The van der Waals surface area contributed by atoms with E-state index in [-0.39, 0.29) is 11.0 Å². The van der Waals surface area contributed by atoms with Gasteiger partial charge in [0, 0.05) is 18.6 Å². The van der Waals surface area contributed by atoms with Gasteiger partial charge in [-0.05, 0) is 59.7 Å². The van der Waals surface area contributed by atoms with Crippen LogP contribution in [0.2, 0.25) is 18.1 Å². The lowest BCUT2D eigenvalue weighted by molar-refractivity contribution is -0.113. The second kappa shape index (κ2) is 8.08. The molecule has 1 aromatic rings.